The Morgan fingerprint density at radius 2 is 2.09 bits per heavy atom. The molecular formula is C17H23N3O2S. The fourth-order valence-electron chi connectivity index (χ4n) is 1.94. The first-order valence-corrected chi connectivity index (χ1v) is 8.61. The lowest BCUT2D eigenvalue weighted by Crippen LogP contribution is -2.26. The molecule has 0 unspecified atom stereocenters. The van der Waals surface area contributed by atoms with Crippen molar-refractivity contribution in [3.8, 4) is 5.75 Å². The zero-order chi connectivity index (χ0) is 16.7. The second kappa shape index (κ2) is 8.64. The molecule has 5 nitrogen and oxygen atoms in total. The van der Waals surface area contributed by atoms with E-state index >= 15 is 0 Å². The first kappa shape index (κ1) is 17.4. The van der Waals surface area contributed by atoms with Gasteiger partial charge in [0.2, 0.25) is 0 Å². The summed E-state index contributed by atoms with van der Waals surface area (Å²) in [5.74, 6) is 1.23. The van der Waals surface area contributed by atoms with Crippen LogP contribution in [0.3, 0.4) is 0 Å². The maximum absolute atomic E-state index is 11.9. The highest BCUT2D eigenvalue weighted by atomic mass is 32.1. The van der Waals surface area contributed by atoms with Crippen LogP contribution < -0.4 is 15.8 Å². The van der Waals surface area contributed by atoms with Crippen LogP contribution in [0.4, 0.5) is 0 Å². The third kappa shape index (κ3) is 5.65. The van der Waals surface area contributed by atoms with Gasteiger partial charge in [-0.3, -0.25) is 4.79 Å². The number of nitrogens with two attached hydrogens (primary N) is 1. The molecule has 2 rings (SSSR count). The molecule has 0 aliphatic rings. The first-order chi connectivity index (χ1) is 11.1. The van der Waals surface area contributed by atoms with Crippen molar-refractivity contribution in [3.63, 3.8) is 0 Å². The van der Waals surface area contributed by atoms with E-state index in [1.807, 2.05) is 24.3 Å². The molecule has 1 aromatic heterocycles. The predicted octanol–water partition coefficient (Wildman–Crippen LogP) is 2.61. The average molecular weight is 333 g/mol. The van der Waals surface area contributed by atoms with Crippen molar-refractivity contribution < 1.29 is 9.53 Å². The Bertz CT molecular complexity index is 623. The summed E-state index contributed by atoms with van der Waals surface area (Å²) in [6.07, 6.45) is 0.768. The zero-order valence-corrected chi connectivity index (χ0v) is 14.4. The monoisotopic (exact) mass is 333 g/mol. The number of rotatable bonds is 8. The van der Waals surface area contributed by atoms with Crippen molar-refractivity contribution in [3.05, 3.63) is 45.9 Å². The van der Waals surface area contributed by atoms with E-state index < -0.39 is 0 Å². The maximum atomic E-state index is 11.9. The molecule has 1 aromatic carbocycles. The van der Waals surface area contributed by atoms with Crippen LogP contribution in [0.2, 0.25) is 0 Å². The molecule has 0 atom stereocenters. The van der Waals surface area contributed by atoms with E-state index in [9.17, 15) is 4.79 Å². The molecule has 0 aliphatic heterocycles. The van der Waals surface area contributed by atoms with Gasteiger partial charge in [-0.25, -0.2) is 4.98 Å². The summed E-state index contributed by atoms with van der Waals surface area (Å²) in [7, 11) is 0. The van der Waals surface area contributed by atoms with Gasteiger partial charge in [-0.15, -0.1) is 11.3 Å². The lowest BCUT2D eigenvalue weighted by molar-refractivity contribution is 0.0949. The summed E-state index contributed by atoms with van der Waals surface area (Å²) >= 11 is 1.40. The van der Waals surface area contributed by atoms with Gasteiger partial charge in [0.25, 0.3) is 5.91 Å². The van der Waals surface area contributed by atoms with Gasteiger partial charge in [-0.05, 0) is 30.0 Å². The number of nitrogens with zero attached hydrogens (tertiary/aromatic N) is 1. The molecule has 1 amide bonds. The molecule has 1 heterocycles. The summed E-state index contributed by atoms with van der Waals surface area (Å²) in [6, 6.07) is 7.98. The number of thiazole rings is 1. The number of hydrogen-bond donors (Lipinski definition) is 2. The smallest absolute Gasteiger partial charge is 0.270 e. The average Bonchev–Trinajstić information content (AvgIpc) is 3.03. The molecule has 0 saturated carbocycles. The van der Waals surface area contributed by atoms with Gasteiger partial charge in [-0.2, -0.15) is 0 Å². The van der Waals surface area contributed by atoms with E-state index in [4.69, 9.17) is 10.5 Å². The molecule has 0 bridgehead atoms. The quantitative estimate of drug-likeness (QED) is 0.778. The van der Waals surface area contributed by atoms with E-state index in [1.165, 1.54) is 11.3 Å². The van der Waals surface area contributed by atoms with Gasteiger partial charge in [0.15, 0.2) is 0 Å². The van der Waals surface area contributed by atoms with Crippen LogP contribution in [0.15, 0.2) is 29.6 Å². The largest absolute Gasteiger partial charge is 0.493 e. The highest BCUT2D eigenvalue weighted by Crippen LogP contribution is 2.13. The number of carbonyl (C=O) groups is 1. The summed E-state index contributed by atoms with van der Waals surface area (Å²) in [4.78, 5) is 16.1. The Morgan fingerprint density at radius 3 is 2.70 bits per heavy atom. The lowest BCUT2D eigenvalue weighted by Gasteiger charge is -2.09. The lowest BCUT2D eigenvalue weighted by atomic mass is 10.1. The van der Waals surface area contributed by atoms with Crippen LogP contribution in [0.1, 0.15) is 34.9 Å². The Hall–Kier alpha value is -1.92. The summed E-state index contributed by atoms with van der Waals surface area (Å²) in [5, 5.41) is 5.38. The predicted molar refractivity (Wildman–Crippen MR) is 92.8 cm³/mol. The van der Waals surface area contributed by atoms with Crippen molar-refractivity contribution in [2.45, 2.75) is 26.8 Å². The number of benzene rings is 1. The van der Waals surface area contributed by atoms with Gasteiger partial charge in [0.05, 0.1) is 6.61 Å². The molecule has 0 fully saturated rings. The van der Waals surface area contributed by atoms with Crippen LogP contribution in [0, 0.1) is 5.92 Å². The van der Waals surface area contributed by atoms with E-state index in [0.717, 1.165) is 22.7 Å². The van der Waals surface area contributed by atoms with Crippen LogP contribution in [0.25, 0.3) is 0 Å². The summed E-state index contributed by atoms with van der Waals surface area (Å²) < 4.78 is 5.65. The maximum Gasteiger partial charge on any atom is 0.270 e. The molecule has 0 spiro atoms. The highest BCUT2D eigenvalue weighted by Gasteiger charge is 2.09. The van der Waals surface area contributed by atoms with E-state index in [-0.39, 0.29) is 5.91 Å². The first-order valence-electron chi connectivity index (χ1n) is 7.73. The summed E-state index contributed by atoms with van der Waals surface area (Å²) in [6.45, 7) is 5.89. The number of carbonyl (C=O) groups excluding carboxylic acids is 1. The van der Waals surface area contributed by atoms with Gasteiger partial charge in [0, 0.05) is 18.5 Å². The number of hydrogen-bond acceptors (Lipinski definition) is 5. The molecule has 0 radical (unpaired) electrons. The SMILES string of the molecule is CC(C)COc1ccc(CCNC(=O)c2csc(CN)n2)cc1. The highest BCUT2D eigenvalue weighted by molar-refractivity contribution is 7.09. The molecule has 3 N–H and O–H groups in total. The fourth-order valence-corrected chi connectivity index (χ4v) is 2.59. The third-order valence-corrected chi connectivity index (χ3v) is 4.04. The summed E-state index contributed by atoms with van der Waals surface area (Å²) in [5.41, 5.74) is 7.09. The molecule has 2 aromatic rings. The topological polar surface area (TPSA) is 77.2 Å². The van der Waals surface area contributed by atoms with Crippen molar-refractivity contribution in [1.29, 1.82) is 0 Å². The Kier molecular flexibility index (Phi) is 6.55. The standard InChI is InChI=1S/C17H23N3O2S/c1-12(2)10-22-14-5-3-13(4-6-14)7-8-19-17(21)15-11-23-16(9-18)20-15/h3-6,11-12H,7-10,18H2,1-2H3,(H,19,21). The third-order valence-electron chi connectivity index (χ3n) is 3.16. The van der Waals surface area contributed by atoms with Crippen LogP contribution >= 0.6 is 11.3 Å². The minimum atomic E-state index is -0.155. The van der Waals surface area contributed by atoms with Gasteiger partial charge < -0.3 is 15.8 Å². The van der Waals surface area contributed by atoms with E-state index in [1.54, 1.807) is 5.38 Å². The second-order valence-corrected chi connectivity index (χ2v) is 6.63. The number of nitrogens with one attached hydrogen (secondary N) is 1. The van der Waals surface area contributed by atoms with Crippen molar-refractivity contribution >= 4 is 17.2 Å². The van der Waals surface area contributed by atoms with Crippen molar-refractivity contribution in [2.75, 3.05) is 13.2 Å². The van der Waals surface area contributed by atoms with Crippen molar-refractivity contribution in [2.24, 2.45) is 11.7 Å². The van der Waals surface area contributed by atoms with Crippen LogP contribution in [-0.4, -0.2) is 24.0 Å². The molecule has 0 aliphatic carbocycles. The number of ether oxygens (including phenoxy) is 1. The van der Waals surface area contributed by atoms with Gasteiger partial charge in [-0.1, -0.05) is 26.0 Å². The Morgan fingerprint density at radius 1 is 1.35 bits per heavy atom. The number of aromatic nitrogens is 1. The minimum absolute atomic E-state index is 0.155. The van der Waals surface area contributed by atoms with Gasteiger partial charge >= 0.3 is 0 Å². The molecule has 6 heteroatoms. The second-order valence-electron chi connectivity index (χ2n) is 5.69. The molecule has 0 saturated heterocycles. The van der Waals surface area contributed by atoms with E-state index in [2.05, 4.69) is 24.1 Å². The number of amides is 1. The molecule has 23 heavy (non-hydrogen) atoms. The minimum Gasteiger partial charge on any atom is -0.493 e. The van der Waals surface area contributed by atoms with E-state index in [0.29, 0.717) is 31.3 Å². The normalized spacial score (nSPS) is 10.8. The van der Waals surface area contributed by atoms with Crippen LogP contribution in [-0.2, 0) is 13.0 Å². The Balaban J connectivity index is 1.76. The fraction of sp³-hybridized carbons (Fsp3) is 0.412. The zero-order valence-electron chi connectivity index (χ0n) is 13.5. The van der Waals surface area contributed by atoms with Gasteiger partial charge in [0.1, 0.15) is 16.5 Å². The van der Waals surface area contributed by atoms with Crippen molar-refractivity contribution in [1.82, 2.24) is 10.3 Å². The molecular weight excluding hydrogens is 310 g/mol. The van der Waals surface area contributed by atoms with Crippen LogP contribution in [0.5, 0.6) is 5.75 Å². The molecule has 124 valence electrons. The Labute approximate surface area is 140 Å².